The van der Waals surface area contributed by atoms with Gasteiger partial charge in [0.15, 0.2) is 11.5 Å². The van der Waals surface area contributed by atoms with Crippen molar-refractivity contribution in [1.29, 1.82) is 0 Å². The third-order valence-corrected chi connectivity index (χ3v) is 4.00. The molecule has 0 radical (unpaired) electrons. The number of nitrogens with two attached hydrogens (primary N) is 1. The topological polar surface area (TPSA) is 81.8 Å². The molecule has 22 heavy (non-hydrogen) atoms. The molecule has 0 saturated heterocycles. The van der Waals surface area contributed by atoms with E-state index in [2.05, 4.69) is 31.4 Å². The molecule has 0 fully saturated rings. The molecule has 1 aromatic carbocycles. The van der Waals surface area contributed by atoms with Crippen molar-refractivity contribution in [2.24, 2.45) is 5.10 Å². The summed E-state index contributed by atoms with van der Waals surface area (Å²) in [7, 11) is 0. The van der Waals surface area contributed by atoms with Crippen LogP contribution in [-0.2, 0) is 0 Å². The maximum absolute atomic E-state index is 5.60. The lowest BCUT2D eigenvalue weighted by molar-refractivity contribution is 0.287. The summed E-state index contributed by atoms with van der Waals surface area (Å²) in [6, 6.07) is 3.75. The molecule has 2 aromatic rings. The summed E-state index contributed by atoms with van der Waals surface area (Å²) in [5.74, 6) is 1.87. The Morgan fingerprint density at radius 2 is 2.00 bits per heavy atom. The lowest BCUT2D eigenvalue weighted by Gasteiger charge is -2.12. The number of hydrogen-bond acceptors (Lipinski definition) is 7. The number of anilines is 2. The number of nitrogens with zero attached hydrogens (tertiary/aromatic N) is 2. The van der Waals surface area contributed by atoms with Crippen LogP contribution in [0.15, 0.2) is 27.1 Å². The smallest absolute Gasteiger partial charge is 0.205 e. The molecule has 0 unspecified atom stereocenters. The van der Waals surface area contributed by atoms with E-state index in [4.69, 9.17) is 15.2 Å². The van der Waals surface area contributed by atoms with E-state index in [1.54, 1.807) is 11.6 Å². The molecule has 0 aliphatic rings. The summed E-state index contributed by atoms with van der Waals surface area (Å²) in [6.07, 6.45) is 1.68. The highest BCUT2D eigenvalue weighted by Crippen LogP contribution is 2.33. The Bertz CT molecular complexity index is 660. The number of nitrogens with one attached hydrogen (secondary N) is 1. The van der Waals surface area contributed by atoms with E-state index in [1.165, 1.54) is 11.3 Å². The third-order valence-electron chi connectivity index (χ3n) is 2.55. The Labute approximate surface area is 141 Å². The number of hydrogen-bond donors (Lipinski definition) is 2. The first kappa shape index (κ1) is 16.6. The third kappa shape index (κ3) is 4.35. The van der Waals surface area contributed by atoms with Crippen molar-refractivity contribution in [2.75, 3.05) is 24.4 Å². The highest BCUT2D eigenvalue weighted by atomic mass is 79.9. The molecule has 0 atom stereocenters. The second kappa shape index (κ2) is 8.00. The molecular formula is C14H17BrN4O2S. The average Bonchev–Trinajstić information content (AvgIpc) is 2.89. The van der Waals surface area contributed by atoms with E-state index < -0.39 is 0 Å². The lowest BCUT2D eigenvalue weighted by atomic mass is 10.2. The van der Waals surface area contributed by atoms with E-state index in [0.717, 1.165) is 10.0 Å². The number of thiazole rings is 1. The van der Waals surface area contributed by atoms with Gasteiger partial charge in [-0.25, -0.2) is 4.98 Å². The van der Waals surface area contributed by atoms with Crippen molar-refractivity contribution in [2.45, 2.75) is 13.8 Å². The summed E-state index contributed by atoms with van der Waals surface area (Å²) < 4.78 is 12.0. The fourth-order valence-electron chi connectivity index (χ4n) is 1.68. The lowest BCUT2D eigenvalue weighted by Crippen LogP contribution is -2.00. The molecule has 0 amide bonds. The van der Waals surface area contributed by atoms with E-state index in [1.807, 2.05) is 26.0 Å². The first-order chi connectivity index (χ1) is 10.6. The second-order valence-corrected chi connectivity index (χ2v) is 5.85. The fourth-order valence-corrected chi connectivity index (χ4v) is 2.65. The molecule has 1 heterocycles. The number of aromatic nitrogens is 1. The second-order valence-electron chi connectivity index (χ2n) is 4.13. The fraction of sp³-hybridized carbons (Fsp3) is 0.286. The molecule has 0 aliphatic heterocycles. The van der Waals surface area contributed by atoms with Crippen molar-refractivity contribution in [3.8, 4) is 11.5 Å². The van der Waals surface area contributed by atoms with Crippen molar-refractivity contribution < 1.29 is 9.47 Å². The van der Waals surface area contributed by atoms with Gasteiger partial charge in [0.1, 0.15) is 5.82 Å². The van der Waals surface area contributed by atoms with Crippen LogP contribution >= 0.6 is 27.3 Å². The quantitative estimate of drug-likeness (QED) is 0.561. The number of halogens is 1. The Morgan fingerprint density at radius 3 is 2.59 bits per heavy atom. The van der Waals surface area contributed by atoms with Gasteiger partial charge in [-0.1, -0.05) is 0 Å². The van der Waals surface area contributed by atoms with Crippen molar-refractivity contribution in [3.05, 3.63) is 27.5 Å². The normalized spacial score (nSPS) is 10.9. The van der Waals surface area contributed by atoms with Gasteiger partial charge in [-0.2, -0.15) is 5.10 Å². The van der Waals surface area contributed by atoms with Gasteiger partial charge in [0.25, 0.3) is 0 Å². The van der Waals surface area contributed by atoms with Crippen LogP contribution in [0, 0.1) is 0 Å². The summed E-state index contributed by atoms with van der Waals surface area (Å²) in [4.78, 5) is 4.06. The molecule has 2 rings (SSSR count). The van der Waals surface area contributed by atoms with Gasteiger partial charge in [0.05, 0.1) is 19.4 Å². The van der Waals surface area contributed by atoms with E-state index in [-0.39, 0.29) is 0 Å². The Kier molecular flexibility index (Phi) is 6.02. The van der Waals surface area contributed by atoms with Crippen LogP contribution in [0.1, 0.15) is 19.4 Å². The maximum Gasteiger partial charge on any atom is 0.205 e. The van der Waals surface area contributed by atoms with Crippen LogP contribution in [-0.4, -0.2) is 24.4 Å². The zero-order valence-corrected chi connectivity index (χ0v) is 14.7. The molecule has 0 saturated carbocycles. The molecule has 0 spiro atoms. The first-order valence-corrected chi connectivity index (χ1v) is 8.40. The minimum Gasteiger partial charge on any atom is -0.490 e. The summed E-state index contributed by atoms with van der Waals surface area (Å²) in [5.41, 5.74) is 9.25. The van der Waals surface area contributed by atoms with Crippen molar-refractivity contribution in [3.63, 3.8) is 0 Å². The van der Waals surface area contributed by atoms with Gasteiger partial charge in [0.2, 0.25) is 5.13 Å². The number of benzene rings is 1. The van der Waals surface area contributed by atoms with Crippen LogP contribution in [0.3, 0.4) is 0 Å². The molecule has 8 heteroatoms. The Balaban J connectivity index is 2.17. The van der Waals surface area contributed by atoms with Crippen LogP contribution in [0.5, 0.6) is 11.5 Å². The van der Waals surface area contributed by atoms with E-state index >= 15 is 0 Å². The SMILES string of the molecule is CCOc1cc(Br)c(C=NNc2nc(N)cs2)cc1OCC. The summed E-state index contributed by atoms with van der Waals surface area (Å²) >= 11 is 4.90. The van der Waals surface area contributed by atoms with Gasteiger partial charge >= 0.3 is 0 Å². The van der Waals surface area contributed by atoms with Crippen molar-refractivity contribution >= 4 is 44.4 Å². The predicted molar refractivity (Wildman–Crippen MR) is 94.2 cm³/mol. The number of rotatable bonds is 7. The first-order valence-electron chi connectivity index (χ1n) is 6.73. The number of ether oxygens (including phenoxy) is 2. The average molecular weight is 385 g/mol. The molecule has 0 bridgehead atoms. The predicted octanol–water partition coefficient (Wildman–Crippen LogP) is 3.73. The number of nitrogen functional groups attached to an aromatic ring is 1. The minimum absolute atomic E-state index is 0.476. The van der Waals surface area contributed by atoms with Crippen LogP contribution < -0.4 is 20.6 Å². The summed E-state index contributed by atoms with van der Waals surface area (Å²) in [5, 5.41) is 6.54. The standard InChI is InChI=1S/C14H17BrN4O2S/c1-3-20-11-5-9(10(15)6-12(11)21-4-2)7-17-19-14-18-13(16)8-22-14/h5-8H,3-4,16H2,1-2H3,(H,18,19). The molecule has 6 nitrogen and oxygen atoms in total. The molecule has 1 aromatic heterocycles. The largest absolute Gasteiger partial charge is 0.490 e. The highest BCUT2D eigenvalue weighted by Gasteiger charge is 2.09. The monoisotopic (exact) mass is 384 g/mol. The highest BCUT2D eigenvalue weighted by molar-refractivity contribution is 9.10. The van der Waals surface area contributed by atoms with E-state index in [9.17, 15) is 0 Å². The maximum atomic E-state index is 5.60. The zero-order valence-electron chi connectivity index (χ0n) is 12.3. The Morgan fingerprint density at radius 1 is 1.32 bits per heavy atom. The number of hydrazone groups is 1. The minimum atomic E-state index is 0.476. The van der Waals surface area contributed by atoms with Crippen LogP contribution in [0.4, 0.5) is 10.9 Å². The zero-order chi connectivity index (χ0) is 15.9. The van der Waals surface area contributed by atoms with Gasteiger partial charge in [-0.15, -0.1) is 11.3 Å². The van der Waals surface area contributed by atoms with Gasteiger partial charge in [-0.3, -0.25) is 5.43 Å². The van der Waals surface area contributed by atoms with Crippen LogP contribution in [0.25, 0.3) is 0 Å². The van der Waals surface area contributed by atoms with Crippen LogP contribution in [0.2, 0.25) is 0 Å². The molecule has 0 aliphatic carbocycles. The molecule has 3 N–H and O–H groups in total. The van der Waals surface area contributed by atoms with Gasteiger partial charge < -0.3 is 15.2 Å². The van der Waals surface area contributed by atoms with Crippen molar-refractivity contribution in [1.82, 2.24) is 4.98 Å². The van der Waals surface area contributed by atoms with E-state index in [0.29, 0.717) is 35.7 Å². The van der Waals surface area contributed by atoms with Gasteiger partial charge in [0, 0.05) is 15.4 Å². The molecule has 118 valence electrons. The van der Waals surface area contributed by atoms with Gasteiger partial charge in [-0.05, 0) is 41.9 Å². The Hall–Kier alpha value is -1.80. The summed E-state index contributed by atoms with van der Waals surface area (Å²) in [6.45, 7) is 5.00. The molecular weight excluding hydrogens is 368 g/mol.